The van der Waals surface area contributed by atoms with Crippen molar-refractivity contribution in [2.75, 3.05) is 31.1 Å². The maximum Gasteiger partial charge on any atom is 0.208 e. The molecule has 1 aliphatic heterocycles. The third-order valence-electron chi connectivity index (χ3n) is 4.03. The Morgan fingerprint density at radius 2 is 2.36 bits per heavy atom. The maximum absolute atomic E-state index is 9.32. The molecule has 1 fully saturated rings. The second-order valence-electron chi connectivity index (χ2n) is 5.63. The lowest BCUT2D eigenvalue weighted by molar-refractivity contribution is 0.235. The van der Waals surface area contributed by atoms with Gasteiger partial charge in [-0.1, -0.05) is 29.0 Å². The van der Waals surface area contributed by atoms with E-state index in [2.05, 4.69) is 20.4 Å². The third kappa shape index (κ3) is 3.82. The Labute approximate surface area is 154 Å². The van der Waals surface area contributed by atoms with E-state index in [-0.39, 0.29) is 12.6 Å². The zero-order chi connectivity index (χ0) is 17.8. The molecule has 1 unspecified atom stereocenters. The molecule has 0 amide bonds. The van der Waals surface area contributed by atoms with Gasteiger partial charge in [0.1, 0.15) is 0 Å². The van der Waals surface area contributed by atoms with Crippen LogP contribution in [0.3, 0.4) is 0 Å². The number of aromatic nitrogens is 2. The number of nitrogens with zero attached hydrogens (tertiary/aromatic N) is 3. The van der Waals surface area contributed by atoms with Crippen LogP contribution in [-0.2, 0) is 0 Å². The molecule has 2 aromatic rings. The largest absolute Gasteiger partial charge is 0.404 e. The van der Waals surface area contributed by atoms with Crippen molar-refractivity contribution in [3.63, 3.8) is 0 Å². The van der Waals surface area contributed by atoms with E-state index in [4.69, 9.17) is 22.7 Å². The number of anilines is 1. The molecule has 0 bridgehead atoms. The van der Waals surface area contributed by atoms with E-state index in [1.165, 1.54) is 23.8 Å². The van der Waals surface area contributed by atoms with Gasteiger partial charge in [0.15, 0.2) is 5.01 Å². The lowest BCUT2D eigenvalue weighted by Crippen LogP contribution is -2.52. The van der Waals surface area contributed by atoms with Gasteiger partial charge in [-0.05, 0) is 17.7 Å². The number of piperazine rings is 1. The van der Waals surface area contributed by atoms with Crippen molar-refractivity contribution >= 4 is 39.9 Å². The number of hydrogen-bond donors (Lipinski definition) is 4. The van der Waals surface area contributed by atoms with Gasteiger partial charge in [0.05, 0.1) is 11.6 Å². The number of benzene rings is 1. The van der Waals surface area contributed by atoms with Crippen molar-refractivity contribution in [2.45, 2.75) is 6.04 Å². The van der Waals surface area contributed by atoms with E-state index < -0.39 is 0 Å². The van der Waals surface area contributed by atoms with Gasteiger partial charge in [-0.2, -0.15) is 0 Å². The number of hydrogen-bond acceptors (Lipinski definition) is 8. The Balaban J connectivity index is 1.84. The summed E-state index contributed by atoms with van der Waals surface area (Å²) < 4.78 is 0. The van der Waals surface area contributed by atoms with Crippen LogP contribution in [-0.4, -0.2) is 53.8 Å². The average molecular weight is 379 g/mol. The maximum atomic E-state index is 9.32. The topological polar surface area (TPSA) is 111 Å². The summed E-state index contributed by atoms with van der Waals surface area (Å²) in [5.74, 6) is 0. The smallest absolute Gasteiger partial charge is 0.208 e. The molecule has 1 aliphatic rings. The van der Waals surface area contributed by atoms with Crippen LogP contribution >= 0.6 is 22.9 Å². The van der Waals surface area contributed by atoms with Crippen molar-refractivity contribution in [1.29, 1.82) is 5.41 Å². The highest BCUT2D eigenvalue weighted by Gasteiger charge is 2.22. The van der Waals surface area contributed by atoms with E-state index in [1.807, 2.05) is 12.1 Å². The zero-order valence-electron chi connectivity index (χ0n) is 13.4. The van der Waals surface area contributed by atoms with Crippen LogP contribution in [0.2, 0.25) is 5.02 Å². The molecule has 0 radical (unpaired) electrons. The molecular formula is C16H19ClN6OS. The molecular weight excluding hydrogens is 360 g/mol. The molecule has 1 aromatic heterocycles. The molecule has 25 heavy (non-hydrogen) atoms. The van der Waals surface area contributed by atoms with E-state index in [9.17, 15) is 5.11 Å². The highest BCUT2D eigenvalue weighted by molar-refractivity contribution is 7.18. The molecule has 132 valence electrons. The third-order valence-corrected chi connectivity index (χ3v) is 5.36. The van der Waals surface area contributed by atoms with E-state index in [0.29, 0.717) is 17.1 Å². The van der Waals surface area contributed by atoms with E-state index in [1.54, 1.807) is 6.07 Å². The van der Waals surface area contributed by atoms with Crippen LogP contribution in [0.1, 0.15) is 5.56 Å². The van der Waals surface area contributed by atoms with Crippen molar-refractivity contribution in [1.82, 2.24) is 15.5 Å². The standard InChI is InChI=1S/C16H19ClN6OS/c17-14-5-10(11(6-18)7-19)1-2-13(14)15-21-22-16(25-15)23-4-3-20-12(8-23)9-24/h1-2,5-7,12,18,20,24H,3-4,8-9,19H2. The van der Waals surface area contributed by atoms with Crippen LogP contribution in [0.15, 0.2) is 24.4 Å². The summed E-state index contributed by atoms with van der Waals surface area (Å²) in [6.07, 6.45) is 2.57. The Kier molecular flexibility index (Phi) is 5.64. The molecule has 0 spiro atoms. The summed E-state index contributed by atoms with van der Waals surface area (Å²) in [5, 5.41) is 30.6. The van der Waals surface area contributed by atoms with Crippen LogP contribution in [0.5, 0.6) is 0 Å². The molecule has 0 saturated carbocycles. The van der Waals surface area contributed by atoms with Gasteiger partial charge in [0, 0.05) is 49.2 Å². The second kappa shape index (κ2) is 7.92. The Bertz CT molecular complexity index is 793. The molecule has 0 aliphatic carbocycles. The molecule has 5 N–H and O–H groups in total. The minimum atomic E-state index is 0.0477. The fraction of sp³-hybridized carbons (Fsp3) is 0.312. The van der Waals surface area contributed by atoms with Gasteiger partial charge >= 0.3 is 0 Å². The molecule has 9 heteroatoms. The Morgan fingerprint density at radius 3 is 3.04 bits per heavy atom. The molecule has 3 rings (SSSR count). The summed E-state index contributed by atoms with van der Waals surface area (Å²) in [6.45, 7) is 2.41. The highest BCUT2D eigenvalue weighted by atomic mass is 35.5. The quantitative estimate of drug-likeness (QED) is 0.588. The summed E-state index contributed by atoms with van der Waals surface area (Å²) in [5.41, 5.74) is 7.69. The number of halogens is 1. The lowest BCUT2D eigenvalue weighted by atomic mass is 10.1. The molecule has 1 aromatic carbocycles. The van der Waals surface area contributed by atoms with E-state index >= 15 is 0 Å². The minimum Gasteiger partial charge on any atom is -0.404 e. The van der Waals surface area contributed by atoms with Crippen molar-refractivity contribution < 1.29 is 5.11 Å². The fourth-order valence-electron chi connectivity index (χ4n) is 2.67. The van der Waals surface area contributed by atoms with Gasteiger partial charge < -0.3 is 26.5 Å². The molecule has 1 saturated heterocycles. The van der Waals surface area contributed by atoms with Crippen molar-refractivity contribution in [3.05, 3.63) is 35.0 Å². The molecule has 7 nitrogen and oxygen atoms in total. The zero-order valence-corrected chi connectivity index (χ0v) is 15.0. The summed E-state index contributed by atoms with van der Waals surface area (Å²) in [4.78, 5) is 2.12. The van der Waals surface area contributed by atoms with E-state index in [0.717, 1.165) is 34.4 Å². The van der Waals surface area contributed by atoms with Gasteiger partial charge in [-0.3, -0.25) is 0 Å². The first-order chi connectivity index (χ1) is 12.2. The Hall–Kier alpha value is -2.00. The molecule has 1 atom stereocenters. The first-order valence-electron chi connectivity index (χ1n) is 7.81. The van der Waals surface area contributed by atoms with Gasteiger partial charge in [0.25, 0.3) is 0 Å². The lowest BCUT2D eigenvalue weighted by Gasteiger charge is -2.32. The van der Waals surface area contributed by atoms with Gasteiger partial charge in [-0.15, -0.1) is 10.2 Å². The number of allylic oxidation sites excluding steroid dienone is 1. The number of nitrogens with two attached hydrogens (primary N) is 1. The minimum absolute atomic E-state index is 0.0477. The average Bonchev–Trinajstić information content (AvgIpc) is 3.13. The summed E-state index contributed by atoms with van der Waals surface area (Å²) in [7, 11) is 0. The Morgan fingerprint density at radius 1 is 1.52 bits per heavy atom. The van der Waals surface area contributed by atoms with Crippen LogP contribution in [0, 0.1) is 5.41 Å². The van der Waals surface area contributed by atoms with Crippen LogP contribution in [0.4, 0.5) is 5.13 Å². The van der Waals surface area contributed by atoms with Crippen molar-refractivity contribution in [3.8, 4) is 10.6 Å². The first-order valence-corrected chi connectivity index (χ1v) is 9.01. The second-order valence-corrected chi connectivity index (χ2v) is 6.99. The summed E-state index contributed by atoms with van der Waals surface area (Å²) in [6, 6.07) is 5.54. The number of aliphatic hydroxyl groups excluding tert-OH is 1. The van der Waals surface area contributed by atoms with Gasteiger partial charge in [-0.25, -0.2) is 0 Å². The van der Waals surface area contributed by atoms with Crippen molar-refractivity contribution in [2.24, 2.45) is 5.73 Å². The fourth-order valence-corrected chi connectivity index (χ4v) is 3.91. The first kappa shape index (κ1) is 17.8. The SMILES string of the molecule is N=CC(=CN)c1ccc(-c2nnc(N3CCNC(CO)C3)s2)c(Cl)c1. The molecule has 2 heterocycles. The van der Waals surface area contributed by atoms with Crippen LogP contribution in [0.25, 0.3) is 16.1 Å². The number of aliphatic hydroxyl groups is 1. The monoisotopic (exact) mass is 378 g/mol. The summed E-state index contributed by atoms with van der Waals surface area (Å²) >= 11 is 7.87. The normalized spacial score (nSPS) is 18.4. The predicted molar refractivity (Wildman–Crippen MR) is 102 cm³/mol. The highest BCUT2D eigenvalue weighted by Crippen LogP contribution is 2.34. The predicted octanol–water partition coefficient (Wildman–Crippen LogP) is 1.58. The van der Waals surface area contributed by atoms with Crippen LogP contribution < -0.4 is 16.0 Å². The number of nitrogens with one attached hydrogen (secondary N) is 2. The number of rotatable bonds is 5. The van der Waals surface area contributed by atoms with Gasteiger partial charge in [0.2, 0.25) is 5.13 Å².